The molecule has 2 amide bonds. The highest BCUT2D eigenvalue weighted by molar-refractivity contribution is 8.00. The van der Waals surface area contributed by atoms with Crippen molar-refractivity contribution in [2.45, 2.75) is 84.3 Å². The molecular weight excluding hydrogens is 941 g/mol. The molecule has 4 aliphatic rings. The van der Waals surface area contributed by atoms with Crippen molar-refractivity contribution in [3.8, 4) is 11.5 Å². The summed E-state index contributed by atoms with van der Waals surface area (Å²) in [4.78, 5) is 68.0. The van der Waals surface area contributed by atoms with E-state index in [1.807, 2.05) is 36.4 Å². The third kappa shape index (κ3) is 11.1. The largest absolute Gasteiger partial charge is 0.423 e. The molecule has 0 bridgehead atoms. The minimum absolute atomic E-state index is 0.0989. The molecule has 4 aliphatic heterocycles. The van der Waals surface area contributed by atoms with Crippen molar-refractivity contribution in [3.63, 3.8) is 0 Å². The van der Waals surface area contributed by atoms with E-state index in [-0.39, 0.29) is 48.5 Å². The Bertz CT molecular complexity index is 2820. The summed E-state index contributed by atoms with van der Waals surface area (Å²) >= 11 is 3.42. The second-order valence-corrected chi connectivity index (χ2v) is 20.9. The maximum atomic E-state index is 13.7. The predicted octanol–water partition coefficient (Wildman–Crippen LogP) is 10.8. The summed E-state index contributed by atoms with van der Waals surface area (Å²) in [5.41, 5.74) is 6.50. The van der Waals surface area contributed by atoms with Gasteiger partial charge in [-0.25, -0.2) is 9.59 Å². The fraction of sp³-hybridized carbons (Fsp3) is 0.276. The van der Waals surface area contributed by atoms with Crippen LogP contribution in [0.5, 0.6) is 11.5 Å². The van der Waals surface area contributed by atoms with Crippen LogP contribution in [0.1, 0.15) is 71.4 Å². The van der Waals surface area contributed by atoms with Crippen LogP contribution in [0.4, 0.5) is 22.7 Å². The fourth-order valence-electron chi connectivity index (χ4n) is 10.1. The summed E-state index contributed by atoms with van der Waals surface area (Å²) < 4.78 is 11.3. The van der Waals surface area contributed by atoms with E-state index in [1.165, 1.54) is 35.5 Å². The Morgan fingerprint density at radius 3 is 1.31 bits per heavy atom. The van der Waals surface area contributed by atoms with Crippen LogP contribution in [0.2, 0.25) is 0 Å². The summed E-state index contributed by atoms with van der Waals surface area (Å²) in [6, 6.07) is 42.8. The number of fused-ring (bicyclic) bond motifs is 4. The maximum Gasteiger partial charge on any atom is 0.336 e. The van der Waals surface area contributed by atoms with Crippen molar-refractivity contribution in [1.82, 2.24) is 20.4 Å². The molecular formula is C58H58N6O6S2. The molecule has 10 rings (SSSR count). The van der Waals surface area contributed by atoms with Crippen LogP contribution in [0.25, 0.3) is 0 Å². The molecule has 0 aromatic heterocycles. The Labute approximate surface area is 429 Å². The van der Waals surface area contributed by atoms with Gasteiger partial charge in [-0.2, -0.15) is 0 Å². The van der Waals surface area contributed by atoms with Crippen LogP contribution in [0.15, 0.2) is 165 Å². The van der Waals surface area contributed by atoms with E-state index in [4.69, 9.17) is 9.47 Å². The van der Waals surface area contributed by atoms with Gasteiger partial charge in [-0.15, -0.1) is 0 Å². The van der Waals surface area contributed by atoms with Crippen LogP contribution in [-0.4, -0.2) is 84.9 Å². The Balaban J connectivity index is 0.744. The maximum absolute atomic E-state index is 13.7. The topological polar surface area (TPSA) is 124 Å². The standard InChI is InChI=1S/C58H58N6O6S2/c1-39(37-61-29-11-12-30-61)63-45-17-5-9-21-51(45)71-53-25-23-41(33-47(53)63)57(67)59-35-43-15-3-7-19-49(43)69-55(65)27-28-56(66)70-50-20-8-4-16-44(50)36-60-58(68)42-24-26-54-48(34-42)64(40(2)38-62-31-13-14-32-62)46-18-6-10-22-52(46)72-54/h3-10,15-28,33-34,39-40H,11-14,29-32,35-38H2,1-2H3,(H,59,67)(H,60,68)/b28-27+/t39-,40-/m0/s1. The Kier molecular flexibility index (Phi) is 15.1. The average molecular weight is 999 g/mol. The number of esters is 2. The number of benzene rings is 6. The number of nitrogens with zero attached hydrogens (tertiary/aromatic N) is 4. The lowest BCUT2D eigenvalue weighted by Crippen LogP contribution is -2.40. The number of hydrogen-bond acceptors (Lipinski definition) is 12. The summed E-state index contributed by atoms with van der Waals surface area (Å²) in [5.74, 6) is -1.61. The second kappa shape index (κ2) is 22.3. The molecule has 6 aromatic rings. The molecule has 2 saturated heterocycles. The van der Waals surface area contributed by atoms with E-state index in [0.29, 0.717) is 22.3 Å². The molecule has 0 radical (unpaired) electrons. The normalized spacial score (nSPS) is 16.0. The summed E-state index contributed by atoms with van der Waals surface area (Å²) in [6.45, 7) is 11.0. The minimum Gasteiger partial charge on any atom is -0.423 e. The number of carbonyl (C=O) groups is 4. The van der Waals surface area contributed by atoms with Crippen LogP contribution in [0.3, 0.4) is 0 Å². The van der Waals surface area contributed by atoms with Crippen LogP contribution in [0, 0.1) is 0 Å². The third-order valence-electron chi connectivity index (χ3n) is 13.6. The molecule has 2 atom stereocenters. The van der Waals surface area contributed by atoms with Gasteiger partial charge in [-0.1, -0.05) is 84.2 Å². The first kappa shape index (κ1) is 48.8. The van der Waals surface area contributed by atoms with Gasteiger partial charge in [0.15, 0.2) is 0 Å². The third-order valence-corrected chi connectivity index (χ3v) is 15.8. The van der Waals surface area contributed by atoms with E-state index >= 15 is 0 Å². The molecule has 368 valence electrons. The number of anilines is 4. The van der Waals surface area contributed by atoms with Gasteiger partial charge in [0.2, 0.25) is 0 Å². The minimum atomic E-state index is -0.794. The molecule has 4 heterocycles. The lowest BCUT2D eigenvalue weighted by atomic mass is 10.1. The van der Waals surface area contributed by atoms with Crippen molar-refractivity contribution in [1.29, 1.82) is 0 Å². The summed E-state index contributed by atoms with van der Waals surface area (Å²) in [6.07, 6.45) is 6.90. The quantitative estimate of drug-likeness (QED) is 0.0545. The first-order valence-electron chi connectivity index (χ1n) is 24.8. The zero-order valence-corrected chi connectivity index (χ0v) is 42.2. The number of para-hydroxylation sites is 4. The zero-order valence-electron chi connectivity index (χ0n) is 40.6. The first-order chi connectivity index (χ1) is 35.1. The van der Waals surface area contributed by atoms with Gasteiger partial charge in [0.05, 0.1) is 22.7 Å². The van der Waals surface area contributed by atoms with Crippen LogP contribution < -0.4 is 29.9 Å². The lowest BCUT2D eigenvalue weighted by Gasteiger charge is -2.39. The molecule has 0 spiro atoms. The first-order valence-corrected chi connectivity index (χ1v) is 26.5. The smallest absolute Gasteiger partial charge is 0.336 e. The summed E-state index contributed by atoms with van der Waals surface area (Å²) in [7, 11) is 0. The van der Waals surface area contributed by atoms with Crippen molar-refractivity contribution in [2.75, 3.05) is 49.1 Å². The molecule has 0 aliphatic carbocycles. The van der Waals surface area contributed by atoms with E-state index < -0.39 is 11.9 Å². The number of hydrogen-bond donors (Lipinski definition) is 2. The van der Waals surface area contributed by atoms with Gasteiger partial charge in [0.25, 0.3) is 11.8 Å². The second-order valence-electron chi connectivity index (χ2n) is 18.7. The van der Waals surface area contributed by atoms with Gasteiger partial charge in [-0.3, -0.25) is 9.59 Å². The molecule has 6 aromatic carbocycles. The zero-order chi connectivity index (χ0) is 49.6. The predicted molar refractivity (Wildman–Crippen MR) is 284 cm³/mol. The Morgan fingerprint density at radius 2 is 0.875 bits per heavy atom. The molecule has 72 heavy (non-hydrogen) atoms. The highest BCUT2D eigenvalue weighted by Crippen LogP contribution is 2.51. The van der Waals surface area contributed by atoms with Crippen molar-refractivity contribution in [3.05, 3.63) is 168 Å². The summed E-state index contributed by atoms with van der Waals surface area (Å²) in [5, 5.41) is 6.03. The van der Waals surface area contributed by atoms with E-state index in [2.05, 4.69) is 92.6 Å². The molecule has 12 nitrogen and oxygen atoms in total. The van der Waals surface area contributed by atoms with Crippen molar-refractivity contribution >= 4 is 70.0 Å². The number of amides is 2. The van der Waals surface area contributed by atoms with Gasteiger partial charge in [0, 0.05) is 92.3 Å². The van der Waals surface area contributed by atoms with E-state index in [9.17, 15) is 19.2 Å². The average Bonchev–Trinajstić information content (AvgIpc) is 4.13. The Hall–Kier alpha value is -6.84. The van der Waals surface area contributed by atoms with Gasteiger partial charge < -0.3 is 39.7 Å². The molecule has 0 unspecified atom stereocenters. The number of rotatable bonds is 16. The highest BCUT2D eigenvalue weighted by atomic mass is 32.2. The molecule has 0 saturated carbocycles. The van der Waals surface area contributed by atoms with Gasteiger partial charge in [-0.05, 0) is 139 Å². The number of carbonyl (C=O) groups excluding carboxylic acids is 4. The van der Waals surface area contributed by atoms with E-state index in [0.717, 1.165) is 84.0 Å². The lowest BCUT2D eigenvalue weighted by molar-refractivity contribution is -0.131. The number of nitrogens with one attached hydrogen (secondary N) is 2. The van der Waals surface area contributed by atoms with Gasteiger partial charge in [0.1, 0.15) is 11.5 Å². The van der Waals surface area contributed by atoms with Gasteiger partial charge >= 0.3 is 11.9 Å². The highest BCUT2D eigenvalue weighted by Gasteiger charge is 2.31. The molecule has 2 fully saturated rings. The Morgan fingerprint density at radius 1 is 0.500 bits per heavy atom. The number of ether oxygens (including phenoxy) is 2. The fourth-order valence-corrected chi connectivity index (χ4v) is 12.2. The van der Waals surface area contributed by atoms with Crippen molar-refractivity contribution < 1.29 is 28.7 Å². The van der Waals surface area contributed by atoms with Crippen LogP contribution in [-0.2, 0) is 22.7 Å². The molecule has 2 N–H and O–H groups in total. The van der Waals surface area contributed by atoms with E-state index in [1.54, 1.807) is 72.1 Å². The number of likely N-dealkylation sites (tertiary alicyclic amines) is 2. The SMILES string of the molecule is C[C@@H](CN1CCCC1)N1c2ccccc2Sc2ccc(C(=O)NCc3ccccc3OC(=O)/C=C/C(=O)Oc3ccccc3CNC(=O)c3ccc4c(c3)N([C@@H](C)CN3CCCC3)c3ccccc3S4)cc21. The van der Waals surface area contributed by atoms with Crippen molar-refractivity contribution in [2.24, 2.45) is 0 Å². The van der Waals surface area contributed by atoms with Crippen LogP contribution >= 0.6 is 23.5 Å². The molecule has 14 heteroatoms. The monoisotopic (exact) mass is 998 g/mol.